The molecule has 0 radical (unpaired) electrons. The molecule has 0 aromatic heterocycles. The highest BCUT2D eigenvalue weighted by Gasteiger charge is 2.35. The first-order chi connectivity index (χ1) is 12.6. The summed E-state index contributed by atoms with van der Waals surface area (Å²) in [5.74, 6) is 0. The molecule has 3 rings (SSSR count). The van der Waals surface area contributed by atoms with Crippen molar-refractivity contribution in [3.63, 3.8) is 0 Å². The van der Waals surface area contributed by atoms with E-state index < -0.39 is 5.60 Å². The van der Waals surface area contributed by atoms with Crippen LogP contribution >= 0.6 is 22.6 Å². The van der Waals surface area contributed by atoms with E-state index in [2.05, 4.69) is 65.9 Å². The predicted octanol–water partition coefficient (Wildman–Crippen LogP) is 6.60. The number of hydrogen-bond acceptors (Lipinski definition) is 1. The zero-order chi connectivity index (χ0) is 18.6. The molecule has 0 spiro atoms. The molecule has 0 amide bonds. The molecular weight excluding hydrogens is 431 g/mol. The summed E-state index contributed by atoms with van der Waals surface area (Å²) in [6.45, 7) is 4.11. The lowest BCUT2D eigenvalue weighted by Gasteiger charge is -2.32. The lowest BCUT2D eigenvalue weighted by Crippen LogP contribution is -2.27. The van der Waals surface area contributed by atoms with Gasteiger partial charge in [0, 0.05) is 9.15 Å². The van der Waals surface area contributed by atoms with Gasteiger partial charge in [0.05, 0.1) is 0 Å². The molecule has 1 unspecified atom stereocenters. The van der Waals surface area contributed by atoms with Crippen LogP contribution in [0.4, 0.5) is 0 Å². The molecule has 3 aromatic carbocycles. The standard InChI is InChI=1S/C24H23IO/c1-3-24(26,21-16-14-18(2)15-17-21)22(19-10-6-4-7-11-19)23(25)20-12-8-5-9-13-20/h4-17,26H,3H2,1-2H3/b23-22-. The Bertz CT molecular complexity index is 883. The maximum atomic E-state index is 11.9. The van der Waals surface area contributed by atoms with Crippen LogP contribution in [0.25, 0.3) is 9.15 Å². The highest BCUT2D eigenvalue weighted by Crippen LogP contribution is 2.45. The van der Waals surface area contributed by atoms with Crippen molar-refractivity contribution in [2.75, 3.05) is 0 Å². The molecule has 0 aliphatic rings. The average Bonchev–Trinajstić information content (AvgIpc) is 2.70. The first kappa shape index (κ1) is 18.9. The van der Waals surface area contributed by atoms with E-state index in [4.69, 9.17) is 0 Å². The van der Waals surface area contributed by atoms with Gasteiger partial charge in [-0.15, -0.1) is 0 Å². The van der Waals surface area contributed by atoms with Gasteiger partial charge in [0.2, 0.25) is 0 Å². The lowest BCUT2D eigenvalue weighted by atomic mass is 9.79. The molecule has 0 heterocycles. The van der Waals surface area contributed by atoms with Crippen molar-refractivity contribution in [1.82, 2.24) is 0 Å². The van der Waals surface area contributed by atoms with Crippen LogP contribution in [0, 0.1) is 6.92 Å². The molecular formula is C24H23IO. The van der Waals surface area contributed by atoms with E-state index in [1.165, 1.54) is 5.56 Å². The van der Waals surface area contributed by atoms with Crippen molar-refractivity contribution < 1.29 is 5.11 Å². The quantitative estimate of drug-likeness (QED) is 0.340. The number of benzene rings is 3. The van der Waals surface area contributed by atoms with E-state index in [0.717, 1.165) is 25.8 Å². The summed E-state index contributed by atoms with van der Waals surface area (Å²) in [5.41, 5.74) is 4.18. The number of hydrogen-bond donors (Lipinski definition) is 1. The average molecular weight is 454 g/mol. The van der Waals surface area contributed by atoms with Crippen molar-refractivity contribution in [1.29, 1.82) is 0 Å². The van der Waals surface area contributed by atoms with E-state index >= 15 is 0 Å². The van der Waals surface area contributed by atoms with Crippen molar-refractivity contribution in [3.05, 3.63) is 107 Å². The third kappa shape index (κ3) is 3.76. The maximum absolute atomic E-state index is 11.9. The van der Waals surface area contributed by atoms with E-state index in [1.807, 2.05) is 55.5 Å². The second-order valence-electron chi connectivity index (χ2n) is 6.50. The molecule has 1 atom stereocenters. The van der Waals surface area contributed by atoms with Crippen LogP contribution in [-0.4, -0.2) is 5.11 Å². The predicted molar refractivity (Wildman–Crippen MR) is 119 cm³/mol. The van der Waals surface area contributed by atoms with Gasteiger partial charge in [0.1, 0.15) is 5.60 Å². The largest absolute Gasteiger partial charge is 0.380 e. The molecule has 0 saturated carbocycles. The van der Waals surface area contributed by atoms with Crippen LogP contribution in [0.15, 0.2) is 84.9 Å². The Morgan fingerprint density at radius 1 is 0.808 bits per heavy atom. The second-order valence-corrected chi connectivity index (χ2v) is 7.58. The molecule has 132 valence electrons. The molecule has 0 aliphatic carbocycles. The molecule has 2 heteroatoms. The normalized spacial score (nSPS) is 14.5. The number of rotatable bonds is 5. The second kappa shape index (κ2) is 8.19. The van der Waals surface area contributed by atoms with Gasteiger partial charge in [-0.2, -0.15) is 0 Å². The van der Waals surface area contributed by atoms with Crippen molar-refractivity contribution >= 4 is 31.7 Å². The molecule has 0 aliphatic heterocycles. The fourth-order valence-electron chi connectivity index (χ4n) is 3.24. The highest BCUT2D eigenvalue weighted by atomic mass is 127. The Balaban J connectivity index is 2.27. The summed E-state index contributed by atoms with van der Waals surface area (Å²) >= 11 is 2.37. The Morgan fingerprint density at radius 2 is 1.31 bits per heavy atom. The molecule has 0 fully saturated rings. The van der Waals surface area contributed by atoms with Crippen molar-refractivity contribution in [2.24, 2.45) is 0 Å². The van der Waals surface area contributed by atoms with Gasteiger partial charge < -0.3 is 5.11 Å². The van der Waals surface area contributed by atoms with Gasteiger partial charge in [-0.25, -0.2) is 0 Å². The molecule has 1 nitrogen and oxygen atoms in total. The van der Waals surface area contributed by atoms with Crippen molar-refractivity contribution in [2.45, 2.75) is 25.9 Å². The first-order valence-electron chi connectivity index (χ1n) is 8.87. The third-order valence-electron chi connectivity index (χ3n) is 4.76. The lowest BCUT2D eigenvalue weighted by molar-refractivity contribution is 0.0969. The van der Waals surface area contributed by atoms with Crippen LogP contribution in [0.1, 0.15) is 35.6 Å². The summed E-state index contributed by atoms with van der Waals surface area (Å²) < 4.78 is 1.07. The third-order valence-corrected chi connectivity index (χ3v) is 5.93. The van der Waals surface area contributed by atoms with Gasteiger partial charge in [-0.05, 0) is 52.6 Å². The molecule has 1 N–H and O–H groups in total. The van der Waals surface area contributed by atoms with Crippen LogP contribution < -0.4 is 0 Å². The van der Waals surface area contributed by atoms with Gasteiger partial charge in [-0.3, -0.25) is 0 Å². The zero-order valence-electron chi connectivity index (χ0n) is 15.1. The minimum absolute atomic E-state index is 0.597. The molecule has 3 aromatic rings. The fourth-order valence-corrected chi connectivity index (χ4v) is 4.35. The van der Waals surface area contributed by atoms with Crippen molar-refractivity contribution in [3.8, 4) is 0 Å². The Kier molecular flexibility index (Phi) is 5.94. The van der Waals surface area contributed by atoms with Gasteiger partial charge in [0.25, 0.3) is 0 Å². The van der Waals surface area contributed by atoms with Crippen LogP contribution in [0.5, 0.6) is 0 Å². The van der Waals surface area contributed by atoms with E-state index in [-0.39, 0.29) is 0 Å². The summed E-state index contributed by atoms with van der Waals surface area (Å²) in [7, 11) is 0. The van der Waals surface area contributed by atoms with Crippen LogP contribution in [0.2, 0.25) is 0 Å². The van der Waals surface area contributed by atoms with E-state index in [0.29, 0.717) is 6.42 Å². The van der Waals surface area contributed by atoms with Crippen LogP contribution in [0.3, 0.4) is 0 Å². The summed E-state index contributed by atoms with van der Waals surface area (Å²) in [6, 6.07) is 28.7. The summed E-state index contributed by atoms with van der Waals surface area (Å²) in [6.07, 6.45) is 0.597. The Hall–Kier alpha value is -1.91. The topological polar surface area (TPSA) is 20.2 Å². The minimum atomic E-state index is -1.05. The highest BCUT2D eigenvalue weighted by molar-refractivity contribution is 14.1. The van der Waals surface area contributed by atoms with Gasteiger partial charge in [-0.1, -0.05) is 97.4 Å². The molecule has 0 bridgehead atoms. The molecule has 26 heavy (non-hydrogen) atoms. The number of halogens is 1. The van der Waals surface area contributed by atoms with Gasteiger partial charge >= 0.3 is 0 Å². The number of aliphatic hydroxyl groups is 1. The molecule has 0 saturated heterocycles. The SMILES string of the molecule is CCC(O)(/C(=C(\I)c1ccccc1)c1ccccc1)c1ccc(C)cc1. The Labute approximate surface area is 169 Å². The number of aryl methyl sites for hydroxylation is 1. The minimum Gasteiger partial charge on any atom is -0.380 e. The zero-order valence-corrected chi connectivity index (χ0v) is 17.3. The van der Waals surface area contributed by atoms with E-state index in [1.54, 1.807) is 0 Å². The summed E-state index contributed by atoms with van der Waals surface area (Å²) in [4.78, 5) is 0. The van der Waals surface area contributed by atoms with E-state index in [9.17, 15) is 5.11 Å². The Morgan fingerprint density at radius 3 is 1.81 bits per heavy atom. The maximum Gasteiger partial charge on any atom is 0.116 e. The van der Waals surface area contributed by atoms with Gasteiger partial charge in [0.15, 0.2) is 0 Å². The van der Waals surface area contributed by atoms with Crippen LogP contribution in [-0.2, 0) is 5.60 Å². The monoisotopic (exact) mass is 454 g/mol. The summed E-state index contributed by atoms with van der Waals surface area (Å²) in [5, 5.41) is 11.9. The first-order valence-corrected chi connectivity index (χ1v) is 9.94. The smallest absolute Gasteiger partial charge is 0.116 e. The fraction of sp³-hybridized carbons (Fsp3) is 0.167.